The van der Waals surface area contributed by atoms with Crippen molar-refractivity contribution in [2.45, 2.75) is 19.4 Å². The summed E-state index contributed by atoms with van der Waals surface area (Å²) in [5.74, 6) is 0.786. The lowest BCUT2D eigenvalue weighted by molar-refractivity contribution is -0.115. The maximum absolute atomic E-state index is 12.0. The maximum atomic E-state index is 12.0. The van der Waals surface area contributed by atoms with Gasteiger partial charge in [0, 0.05) is 18.1 Å². The van der Waals surface area contributed by atoms with E-state index in [1.54, 1.807) is 6.20 Å². The molecule has 2 aromatic rings. The molecule has 0 atom stereocenters. The van der Waals surface area contributed by atoms with Gasteiger partial charge in [0.2, 0.25) is 5.91 Å². The predicted octanol–water partition coefficient (Wildman–Crippen LogP) is 1.87. The number of nitrogens with one attached hydrogen (secondary N) is 2. The van der Waals surface area contributed by atoms with Crippen LogP contribution in [0.3, 0.4) is 0 Å². The monoisotopic (exact) mass is 284 g/mol. The fourth-order valence-corrected chi connectivity index (χ4v) is 2.25. The van der Waals surface area contributed by atoms with E-state index in [2.05, 4.69) is 15.7 Å². The highest BCUT2D eigenvalue weighted by molar-refractivity contribution is 5.92. The molecule has 3 rings (SSSR count). The van der Waals surface area contributed by atoms with Crippen LogP contribution in [0.15, 0.2) is 42.7 Å². The van der Waals surface area contributed by atoms with Gasteiger partial charge in [0.25, 0.3) is 0 Å². The van der Waals surface area contributed by atoms with Gasteiger partial charge in [-0.15, -0.1) is 0 Å². The number of hydrogen-bond acceptors (Lipinski definition) is 3. The molecule has 1 aliphatic rings. The Labute approximate surface area is 124 Å². The molecule has 1 aromatic carbocycles. The van der Waals surface area contributed by atoms with Crippen LogP contribution in [0.4, 0.5) is 5.69 Å². The summed E-state index contributed by atoms with van der Waals surface area (Å²) in [6, 6.07) is 9.73. The van der Waals surface area contributed by atoms with Crippen molar-refractivity contribution in [1.82, 2.24) is 15.1 Å². The molecule has 110 valence electrons. The molecule has 0 spiro atoms. The van der Waals surface area contributed by atoms with Gasteiger partial charge in [0.05, 0.1) is 13.1 Å². The van der Waals surface area contributed by atoms with Crippen LogP contribution in [0, 0.1) is 5.92 Å². The standard InChI is InChI=1S/C16H20N4O/c21-16(11-17-10-13-6-7-13)19-15-5-2-1-4-14(15)12-20-9-3-8-18-20/h1-5,8-9,13,17H,6-7,10-12H2,(H,19,21). The molecule has 5 nitrogen and oxygen atoms in total. The normalized spacial score (nSPS) is 14.1. The Bertz CT molecular complexity index is 590. The Morgan fingerprint density at radius 2 is 2.14 bits per heavy atom. The van der Waals surface area contributed by atoms with Crippen molar-refractivity contribution in [2.75, 3.05) is 18.4 Å². The third-order valence-corrected chi connectivity index (χ3v) is 3.60. The lowest BCUT2D eigenvalue weighted by atomic mass is 10.1. The summed E-state index contributed by atoms with van der Waals surface area (Å²) in [5, 5.41) is 10.4. The predicted molar refractivity (Wildman–Crippen MR) is 82.0 cm³/mol. The molecule has 1 aromatic heterocycles. The van der Waals surface area contributed by atoms with Crippen LogP contribution in [0.25, 0.3) is 0 Å². The van der Waals surface area contributed by atoms with Crippen LogP contribution in [-0.2, 0) is 11.3 Å². The number of amides is 1. The number of benzene rings is 1. The number of aromatic nitrogens is 2. The summed E-state index contributed by atoms with van der Waals surface area (Å²) in [4.78, 5) is 12.0. The molecular weight excluding hydrogens is 264 g/mol. The smallest absolute Gasteiger partial charge is 0.238 e. The van der Waals surface area contributed by atoms with E-state index in [1.807, 2.05) is 41.2 Å². The number of carbonyl (C=O) groups excluding carboxylic acids is 1. The molecular formula is C16H20N4O. The van der Waals surface area contributed by atoms with Gasteiger partial charge in [-0.3, -0.25) is 9.48 Å². The van der Waals surface area contributed by atoms with Crippen molar-refractivity contribution in [3.05, 3.63) is 48.3 Å². The van der Waals surface area contributed by atoms with Crippen molar-refractivity contribution in [3.8, 4) is 0 Å². The highest BCUT2D eigenvalue weighted by Gasteiger charge is 2.20. The molecule has 0 radical (unpaired) electrons. The van der Waals surface area contributed by atoms with E-state index in [-0.39, 0.29) is 5.91 Å². The Morgan fingerprint density at radius 1 is 1.29 bits per heavy atom. The van der Waals surface area contributed by atoms with Crippen molar-refractivity contribution in [1.29, 1.82) is 0 Å². The van der Waals surface area contributed by atoms with Crippen LogP contribution in [0.5, 0.6) is 0 Å². The Kier molecular flexibility index (Phi) is 4.31. The minimum atomic E-state index is 0.00330. The number of rotatable bonds is 7. The number of nitrogens with zero attached hydrogens (tertiary/aromatic N) is 2. The molecule has 0 saturated heterocycles. The van der Waals surface area contributed by atoms with E-state index in [4.69, 9.17) is 0 Å². The van der Waals surface area contributed by atoms with E-state index >= 15 is 0 Å². The van der Waals surface area contributed by atoms with Crippen LogP contribution >= 0.6 is 0 Å². The highest BCUT2D eigenvalue weighted by atomic mass is 16.1. The van der Waals surface area contributed by atoms with Crippen molar-refractivity contribution in [3.63, 3.8) is 0 Å². The van der Waals surface area contributed by atoms with Crippen molar-refractivity contribution >= 4 is 11.6 Å². The SMILES string of the molecule is O=C(CNCC1CC1)Nc1ccccc1Cn1cccn1. The van der Waals surface area contributed by atoms with Gasteiger partial charge < -0.3 is 10.6 Å². The summed E-state index contributed by atoms with van der Waals surface area (Å²) in [5.41, 5.74) is 1.91. The van der Waals surface area contributed by atoms with Gasteiger partial charge in [0.1, 0.15) is 0 Å². The van der Waals surface area contributed by atoms with Crippen molar-refractivity contribution in [2.24, 2.45) is 5.92 Å². The zero-order chi connectivity index (χ0) is 14.5. The molecule has 1 amide bonds. The zero-order valence-corrected chi connectivity index (χ0v) is 12.0. The molecule has 5 heteroatoms. The molecule has 1 fully saturated rings. The molecule has 1 heterocycles. The number of anilines is 1. The summed E-state index contributed by atoms with van der Waals surface area (Å²) >= 11 is 0. The van der Waals surface area contributed by atoms with E-state index in [9.17, 15) is 4.79 Å². The van der Waals surface area contributed by atoms with Crippen LogP contribution < -0.4 is 10.6 Å². The van der Waals surface area contributed by atoms with Crippen molar-refractivity contribution < 1.29 is 4.79 Å². The molecule has 2 N–H and O–H groups in total. The average Bonchev–Trinajstić information content (AvgIpc) is 3.16. The third-order valence-electron chi connectivity index (χ3n) is 3.60. The van der Waals surface area contributed by atoms with Gasteiger partial charge in [0.15, 0.2) is 0 Å². The second-order valence-electron chi connectivity index (χ2n) is 5.48. The van der Waals surface area contributed by atoms with E-state index < -0.39 is 0 Å². The summed E-state index contributed by atoms with van der Waals surface area (Å²) in [7, 11) is 0. The first-order valence-electron chi connectivity index (χ1n) is 7.37. The molecule has 1 saturated carbocycles. The third kappa shape index (κ3) is 4.16. The Hall–Kier alpha value is -2.14. The second kappa shape index (κ2) is 6.54. The fraction of sp³-hybridized carbons (Fsp3) is 0.375. The zero-order valence-electron chi connectivity index (χ0n) is 12.0. The van der Waals surface area contributed by atoms with Gasteiger partial charge >= 0.3 is 0 Å². The van der Waals surface area contributed by atoms with Crippen LogP contribution in [0.2, 0.25) is 0 Å². The number of hydrogen-bond donors (Lipinski definition) is 2. The molecule has 0 unspecified atom stereocenters. The van der Waals surface area contributed by atoms with Gasteiger partial charge in [-0.1, -0.05) is 18.2 Å². The largest absolute Gasteiger partial charge is 0.325 e. The highest BCUT2D eigenvalue weighted by Crippen LogP contribution is 2.27. The van der Waals surface area contributed by atoms with Gasteiger partial charge in [-0.2, -0.15) is 5.10 Å². The Morgan fingerprint density at radius 3 is 2.90 bits per heavy atom. The second-order valence-corrected chi connectivity index (χ2v) is 5.48. The molecule has 1 aliphatic carbocycles. The average molecular weight is 284 g/mol. The fourth-order valence-electron chi connectivity index (χ4n) is 2.25. The first-order valence-corrected chi connectivity index (χ1v) is 7.37. The lowest BCUT2D eigenvalue weighted by Crippen LogP contribution is -2.29. The van der Waals surface area contributed by atoms with Gasteiger partial charge in [-0.05, 0) is 43.0 Å². The van der Waals surface area contributed by atoms with Crippen LogP contribution in [-0.4, -0.2) is 28.8 Å². The van der Waals surface area contributed by atoms with Gasteiger partial charge in [-0.25, -0.2) is 0 Å². The molecule has 21 heavy (non-hydrogen) atoms. The Balaban J connectivity index is 1.57. The quantitative estimate of drug-likeness (QED) is 0.816. The first kappa shape index (κ1) is 13.8. The van der Waals surface area contributed by atoms with E-state index in [0.717, 1.165) is 23.7 Å². The molecule has 0 aliphatic heterocycles. The van der Waals surface area contributed by atoms with Crippen LogP contribution in [0.1, 0.15) is 18.4 Å². The number of carbonyl (C=O) groups is 1. The summed E-state index contributed by atoms with van der Waals surface area (Å²) in [6.07, 6.45) is 6.25. The first-order chi connectivity index (χ1) is 10.3. The minimum absolute atomic E-state index is 0.00330. The van der Waals surface area contributed by atoms with E-state index in [1.165, 1.54) is 12.8 Å². The minimum Gasteiger partial charge on any atom is -0.325 e. The topological polar surface area (TPSA) is 59.0 Å². The lowest BCUT2D eigenvalue weighted by Gasteiger charge is -2.11. The van der Waals surface area contributed by atoms with E-state index in [0.29, 0.717) is 13.1 Å². The molecule has 0 bridgehead atoms. The maximum Gasteiger partial charge on any atom is 0.238 e. The number of para-hydroxylation sites is 1. The summed E-state index contributed by atoms with van der Waals surface area (Å²) in [6.45, 7) is 1.97. The summed E-state index contributed by atoms with van der Waals surface area (Å²) < 4.78 is 1.84.